The van der Waals surface area contributed by atoms with Gasteiger partial charge in [-0.2, -0.15) is 0 Å². The van der Waals surface area contributed by atoms with Crippen LogP contribution in [0.1, 0.15) is 26.5 Å². The number of aromatic nitrogens is 1. The van der Waals surface area contributed by atoms with Crippen molar-refractivity contribution in [3.8, 4) is 0 Å². The number of nitrogens with one attached hydrogen (secondary N) is 1. The molecule has 0 aliphatic heterocycles. The zero-order chi connectivity index (χ0) is 15.0. The molecular weight excluding hydrogens is 300 g/mol. The van der Waals surface area contributed by atoms with Gasteiger partial charge in [0.05, 0.1) is 5.02 Å². The van der Waals surface area contributed by atoms with E-state index in [2.05, 4.69) is 9.88 Å². The molecule has 0 spiro atoms. The van der Waals surface area contributed by atoms with E-state index >= 15 is 0 Å². The Bertz CT molecular complexity index is 717. The molecule has 2 rings (SSSR count). The van der Waals surface area contributed by atoms with Gasteiger partial charge in [-0.25, -0.2) is 8.42 Å². The van der Waals surface area contributed by atoms with Gasteiger partial charge >= 0.3 is 0 Å². The third-order valence-corrected chi connectivity index (χ3v) is 4.47. The summed E-state index contributed by atoms with van der Waals surface area (Å²) in [7, 11) is -3.78. The molecule has 0 saturated carbocycles. The molecule has 0 aliphatic rings. The highest BCUT2D eigenvalue weighted by atomic mass is 35.5. The van der Waals surface area contributed by atoms with Crippen LogP contribution in [-0.4, -0.2) is 13.6 Å². The van der Waals surface area contributed by atoms with Gasteiger partial charge in [-0.15, -0.1) is 0 Å². The van der Waals surface area contributed by atoms with Crippen LogP contribution >= 0.6 is 11.6 Å². The SMILES string of the molecule is CC(C)(C)c1cc(NS(=O)(=O)c2ccccc2Cl)no1. The molecule has 5 nitrogen and oxygen atoms in total. The maximum absolute atomic E-state index is 12.2. The van der Waals surface area contributed by atoms with Crippen LogP contribution in [-0.2, 0) is 15.4 Å². The van der Waals surface area contributed by atoms with E-state index in [1.54, 1.807) is 18.2 Å². The van der Waals surface area contributed by atoms with Crippen molar-refractivity contribution in [3.63, 3.8) is 0 Å². The van der Waals surface area contributed by atoms with Gasteiger partial charge in [-0.1, -0.05) is 49.7 Å². The van der Waals surface area contributed by atoms with Crippen LogP contribution < -0.4 is 4.72 Å². The summed E-state index contributed by atoms with van der Waals surface area (Å²) in [5.41, 5.74) is -0.249. The van der Waals surface area contributed by atoms with Gasteiger partial charge in [-0.05, 0) is 12.1 Å². The maximum Gasteiger partial charge on any atom is 0.264 e. The summed E-state index contributed by atoms with van der Waals surface area (Å²) in [6.07, 6.45) is 0. The van der Waals surface area contributed by atoms with Gasteiger partial charge in [-0.3, -0.25) is 4.72 Å². The van der Waals surface area contributed by atoms with Gasteiger partial charge in [0.2, 0.25) is 0 Å². The van der Waals surface area contributed by atoms with Crippen molar-refractivity contribution in [2.45, 2.75) is 31.1 Å². The zero-order valence-corrected chi connectivity index (χ0v) is 12.9. The highest BCUT2D eigenvalue weighted by Gasteiger charge is 2.23. The van der Waals surface area contributed by atoms with Crippen LogP contribution in [0.3, 0.4) is 0 Å². The van der Waals surface area contributed by atoms with Crippen molar-refractivity contribution in [2.24, 2.45) is 0 Å². The molecule has 0 atom stereocenters. The van der Waals surface area contributed by atoms with Crippen LogP contribution in [0.15, 0.2) is 39.8 Å². The van der Waals surface area contributed by atoms with Crippen molar-refractivity contribution in [1.82, 2.24) is 5.16 Å². The van der Waals surface area contributed by atoms with Gasteiger partial charge in [0.1, 0.15) is 10.7 Å². The van der Waals surface area contributed by atoms with E-state index in [1.807, 2.05) is 20.8 Å². The Labute approximate surface area is 123 Å². The number of hydrogen-bond donors (Lipinski definition) is 1. The second kappa shape index (κ2) is 5.10. The first-order chi connectivity index (χ1) is 9.20. The second-order valence-electron chi connectivity index (χ2n) is 5.36. The standard InChI is InChI=1S/C13H15ClN2O3S/c1-13(2,3)11-8-12(15-19-11)16-20(17,18)10-7-5-4-6-9(10)14/h4-8H,1-3H3,(H,15,16). The Morgan fingerprint density at radius 1 is 1.25 bits per heavy atom. The van der Waals surface area contributed by atoms with E-state index in [1.165, 1.54) is 12.1 Å². The fourth-order valence-electron chi connectivity index (χ4n) is 1.53. The number of anilines is 1. The molecule has 0 unspecified atom stereocenters. The number of hydrogen-bond acceptors (Lipinski definition) is 4. The van der Waals surface area contributed by atoms with E-state index in [0.29, 0.717) is 5.76 Å². The summed E-state index contributed by atoms with van der Waals surface area (Å²) in [5, 5.41) is 3.87. The Morgan fingerprint density at radius 3 is 2.45 bits per heavy atom. The lowest BCUT2D eigenvalue weighted by Gasteiger charge is -2.12. The van der Waals surface area contributed by atoms with E-state index in [0.717, 1.165) is 0 Å². The molecule has 1 aromatic heterocycles. The van der Waals surface area contributed by atoms with Crippen molar-refractivity contribution in [2.75, 3.05) is 4.72 Å². The predicted octanol–water partition coefficient (Wildman–Crippen LogP) is 3.43. The second-order valence-corrected chi connectivity index (χ2v) is 7.42. The van der Waals surface area contributed by atoms with Crippen molar-refractivity contribution in [3.05, 3.63) is 41.1 Å². The minimum Gasteiger partial charge on any atom is -0.359 e. The molecule has 7 heteroatoms. The summed E-state index contributed by atoms with van der Waals surface area (Å²) in [5.74, 6) is 0.726. The van der Waals surface area contributed by atoms with Crippen LogP contribution in [0, 0.1) is 0 Å². The van der Waals surface area contributed by atoms with Gasteiger partial charge in [0.15, 0.2) is 5.82 Å². The molecule has 1 heterocycles. The molecule has 20 heavy (non-hydrogen) atoms. The van der Waals surface area contributed by atoms with Crippen molar-refractivity contribution < 1.29 is 12.9 Å². The third kappa shape index (κ3) is 3.13. The minimum absolute atomic E-state index is 0.00183. The summed E-state index contributed by atoms with van der Waals surface area (Å²) < 4.78 is 31.9. The number of halogens is 1. The number of nitrogens with zero attached hydrogens (tertiary/aromatic N) is 1. The van der Waals surface area contributed by atoms with Crippen molar-refractivity contribution in [1.29, 1.82) is 0 Å². The van der Waals surface area contributed by atoms with Gasteiger partial charge in [0.25, 0.3) is 10.0 Å². The minimum atomic E-state index is -3.78. The predicted molar refractivity (Wildman–Crippen MR) is 77.5 cm³/mol. The molecule has 1 aromatic carbocycles. The Kier molecular flexibility index (Phi) is 3.80. The lowest BCUT2D eigenvalue weighted by atomic mass is 9.93. The van der Waals surface area contributed by atoms with Crippen LogP contribution in [0.25, 0.3) is 0 Å². The highest BCUT2D eigenvalue weighted by molar-refractivity contribution is 7.92. The first-order valence-corrected chi connectivity index (χ1v) is 7.81. The van der Waals surface area contributed by atoms with Gasteiger partial charge < -0.3 is 4.52 Å². The van der Waals surface area contributed by atoms with Crippen LogP contribution in [0.2, 0.25) is 5.02 Å². The normalized spacial score (nSPS) is 12.4. The van der Waals surface area contributed by atoms with E-state index < -0.39 is 10.0 Å². The van der Waals surface area contributed by atoms with Gasteiger partial charge in [0, 0.05) is 11.5 Å². The number of rotatable bonds is 3. The monoisotopic (exact) mass is 314 g/mol. The van der Waals surface area contributed by atoms with Crippen LogP contribution in [0.4, 0.5) is 5.82 Å². The van der Waals surface area contributed by atoms with Crippen molar-refractivity contribution >= 4 is 27.4 Å². The lowest BCUT2D eigenvalue weighted by molar-refractivity contribution is 0.331. The smallest absolute Gasteiger partial charge is 0.264 e. The lowest BCUT2D eigenvalue weighted by Crippen LogP contribution is -2.14. The molecule has 0 bridgehead atoms. The quantitative estimate of drug-likeness (QED) is 0.942. The average molecular weight is 315 g/mol. The molecule has 0 saturated heterocycles. The molecule has 0 fully saturated rings. The number of sulfonamides is 1. The Morgan fingerprint density at radius 2 is 1.90 bits per heavy atom. The molecular formula is C13H15ClN2O3S. The maximum atomic E-state index is 12.2. The fraction of sp³-hybridized carbons (Fsp3) is 0.308. The zero-order valence-electron chi connectivity index (χ0n) is 11.3. The summed E-state index contributed by atoms with van der Waals surface area (Å²) in [6.45, 7) is 5.83. The molecule has 0 aliphatic carbocycles. The first-order valence-electron chi connectivity index (χ1n) is 5.95. The molecule has 0 amide bonds. The van der Waals surface area contributed by atoms with E-state index in [4.69, 9.17) is 16.1 Å². The van der Waals surface area contributed by atoms with E-state index in [9.17, 15) is 8.42 Å². The highest BCUT2D eigenvalue weighted by Crippen LogP contribution is 2.27. The summed E-state index contributed by atoms with van der Waals surface area (Å²) >= 11 is 5.89. The molecule has 1 N–H and O–H groups in total. The summed E-state index contributed by atoms with van der Waals surface area (Å²) in [4.78, 5) is 0.00183. The number of benzene rings is 1. The molecule has 0 radical (unpaired) electrons. The third-order valence-electron chi connectivity index (χ3n) is 2.61. The average Bonchev–Trinajstić information content (AvgIpc) is 2.76. The fourth-order valence-corrected chi connectivity index (χ4v) is 3.04. The largest absolute Gasteiger partial charge is 0.359 e. The summed E-state index contributed by atoms with van der Waals surface area (Å²) in [6, 6.07) is 7.77. The van der Waals surface area contributed by atoms with Crippen LogP contribution in [0.5, 0.6) is 0 Å². The Hall–Kier alpha value is -1.53. The Balaban J connectivity index is 2.30. The van der Waals surface area contributed by atoms with E-state index in [-0.39, 0.29) is 21.2 Å². The topological polar surface area (TPSA) is 72.2 Å². The molecule has 2 aromatic rings. The first kappa shape index (κ1) is 14.9. The molecule has 108 valence electrons.